The van der Waals surface area contributed by atoms with Crippen LogP contribution in [0.2, 0.25) is 5.02 Å². The van der Waals surface area contributed by atoms with E-state index in [2.05, 4.69) is 52.1 Å². The van der Waals surface area contributed by atoms with Crippen LogP contribution in [0.5, 0.6) is 0 Å². The molecule has 1 fully saturated rings. The van der Waals surface area contributed by atoms with Crippen molar-refractivity contribution in [1.82, 2.24) is 10.2 Å². The molecule has 118 valence electrons. The first-order valence-electron chi connectivity index (χ1n) is 7.91. The van der Waals surface area contributed by atoms with Gasteiger partial charge >= 0.3 is 0 Å². The van der Waals surface area contributed by atoms with Gasteiger partial charge in [-0.15, -0.1) is 0 Å². The van der Waals surface area contributed by atoms with Crippen molar-refractivity contribution in [3.05, 3.63) is 33.3 Å². The van der Waals surface area contributed by atoms with Crippen LogP contribution in [-0.2, 0) is 6.54 Å². The zero-order valence-electron chi connectivity index (χ0n) is 13.0. The number of hydrogen-bond acceptors (Lipinski definition) is 2. The molecule has 1 heterocycles. The summed E-state index contributed by atoms with van der Waals surface area (Å²) in [7, 11) is 0. The fourth-order valence-electron chi connectivity index (χ4n) is 2.93. The second-order valence-electron chi connectivity index (χ2n) is 6.53. The molecule has 1 aromatic carbocycles. The lowest BCUT2D eigenvalue weighted by atomic mass is 9.97. The van der Waals surface area contributed by atoms with Crippen LogP contribution in [0.3, 0.4) is 0 Å². The number of nitrogens with zero attached hydrogens (tertiary/aromatic N) is 1. The second kappa shape index (κ2) is 8.52. The molecule has 2 nitrogen and oxygen atoms in total. The topological polar surface area (TPSA) is 15.3 Å². The number of likely N-dealkylation sites (tertiary alicyclic amines) is 1. The van der Waals surface area contributed by atoms with Crippen molar-refractivity contribution in [1.29, 1.82) is 0 Å². The Balaban J connectivity index is 1.83. The van der Waals surface area contributed by atoms with Crippen LogP contribution in [0.15, 0.2) is 22.7 Å². The van der Waals surface area contributed by atoms with Gasteiger partial charge in [0.1, 0.15) is 0 Å². The standard InChI is InChI=1S/C17H26BrClN2/c1-13(2)9-20-10-14-4-3-7-21(11-14)12-15-5-6-16(18)8-17(15)19/h5-6,8,13-14,20H,3-4,7,9-12H2,1-2H3. The predicted octanol–water partition coefficient (Wildman–Crippen LogP) is 4.56. The van der Waals surface area contributed by atoms with E-state index in [1.54, 1.807) is 0 Å². The largest absolute Gasteiger partial charge is 0.316 e. The van der Waals surface area contributed by atoms with Crippen molar-refractivity contribution in [2.75, 3.05) is 26.2 Å². The molecule has 0 aliphatic carbocycles. The molecule has 0 saturated carbocycles. The molecule has 4 heteroatoms. The number of hydrogen-bond donors (Lipinski definition) is 1. The minimum Gasteiger partial charge on any atom is -0.316 e. The van der Waals surface area contributed by atoms with Gasteiger partial charge in [0.15, 0.2) is 0 Å². The molecule has 2 rings (SSSR count). The zero-order chi connectivity index (χ0) is 15.2. The number of nitrogens with one attached hydrogen (secondary N) is 1. The van der Waals surface area contributed by atoms with Gasteiger partial charge in [-0.25, -0.2) is 0 Å². The number of piperidine rings is 1. The summed E-state index contributed by atoms with van der Waals surface area (Å²) in [6.07, 6.45) is 2.64. The normalized spacial score (nSPS) is 20.1. The third-order valence-corrected chi connectivity index (χ3v) is 4.84. The van der Waals surface area contributed by atoms with Gasteiger partial charge in [-0.2, -0.15) is 0 Å². The van der Waals surface area contributed by atoms with Gasteiger partial charge in [-0.1, -0.05) is 47.4 Å². The van der Waals surface area contributed by atoms with Crippen LogP contribution in [0, 0.1) is 11.8 Å². The number of halogens is 2. The monoisotopic (exact) mass is 372 g/mol. The summed E-state index contributed by atoms with van der Waals surface area (Å²) < 4.78 is 1.05. The highest BCUT2D eigenvalue weighted by Gasteiger charge is 2.20. The van der Waals surface area contributed by atoms with E-state index in [-0.39, 0.29) is 0 Å². The Bertz CT molecular complexity index is 450. The predicted molar refractivity (Wildman–Crippen MR) is 94.9 cm³/mol. The minimum absolute atomic E-state index is 0.728. The smallest absolute Gasteiger partial charge is 0.0462 e. The molecule has 1 aliphatic rings. The van der Waals surface area contributed by atoms with Gasteiger partial charge < -0.3 is 5.32 Å². The SMILES string of the molecule is CC(C)CNCC1CCCN(Cc2ccc(Br)cc2Cl)C1. The van der Waals surface area contributed by atoms with Crippen molar-refractivity contribution in [3.63, 3.8) is 0 Å². The maximum Gasteiger partial charge on any atom is 0.0462 e. The van der Waals surface area contributed by atoms with E-state index < -0.39 is 0 Å². The molecule has 0 amide bonds. The molecule has 1 saturated heterocycles. The molecule has 1 N–H and O–H groups in total. The average Bonchev–Trinajstić information content (AvgIpc) is 2.42. The van der Waals surface area contributed by atoms with E-state index in [1.165, 1.54) is 31.5 Å². The summed E-state index contributed by atoms with van der Waals surface area (Å²) in [5, 5.41) is 4.46. The highest BCUT2D eigenvalue weighted by molar-refractivity contribution is 9.10. The van der Waals surface area contributed by atoms with E-state index in [1.807, 2.05) is 6.07 Å². The molecule has 0 radical (unpaired) electrons. The minimum atomic E-state index is 0.728. The van der Waals surface area contributed by atoms with E-state index in [9.17, 15) is 0 Å². The highest BCUT2D eigenvalue weighted by atomic mass is 79.9. The highest BCUT2D eigenvalue weighted by Crippen LogP contribution is 2.24. The first-order valence-corrected chi connectivity index (χ1v) is 9.08. The Labute approximate surface area is 142 Å². The van der Waals surface area contributed by atoms with Crippen molar-refractivity contribution >= 4 is 27.5 Å². The van der Waals surface area contributed by atoms with Crippen molar-refractivity contribution in [3.8, 4) is 0 Å². The van der Waals surface area contributed by atoms with Crippen molar-refractivity contribution in [2.45, 2.75) is 33.2 Å². The Morgan fingerprint density at radius 3 is 2.95 bits per heavy atom. The Morgan fingerprint density at radius 1 is 1.43 bits per heavy atom. The summed E-state index contributed by atoms with van der Waals surface area (Å²) >= 11 is 9.80. The molecule has 0 spiro atoms. The number of rotatable bonds is 6. The molecular formula is C17H26BrClN2. The van der Waals surface area contributed by atoms with E-state index >= 15 is 0 Å². The van der Waals surface area contributed by atoms with Crippen LogP contribution < -0.4 is 5.32 Å². The van der Waals surface area contributed by atoms with Gasteiger partial charge in [0, 0.05) is 22.6 Å². The Kier molecular flexibility index (Phi) is 7.00. The Morgan fingerprint density at radius 2 is 2.24 bits per heavy atom. The molecular weight excluding hydrogens is 348 g/mol. The van der Waals surface area contributed by atoms with Gasteiger partial charge in [0.05, 0.1) is 0 Å². The van der Waals surface area contributed by atoms with Crippen LogP contribution in [0.1, 0.15) is 32.3 Å². The number of benzene rings is 1. The van der Waals surface area contributed by atoms with Gasteiger partial charge in [0.25, 0.3) is 0 Å². The lowest BCUT2D eigenvalue weighted by Crippen LogP contribution is -2.39. The lowest BCUT2D eigenvalue weighted by molar-refractivity contribution is 0.165. The maximum absolute atomic E-state index is 6.33. The van der Waals surface area contributed by atoms with Crippen LogP contribution in [0.4, 0.5) is 0 Å². The maximum atomic E-state index is 6.33. The van der Waals surface area contributed by atoms with Crippen LogP contribution >= 0.6 is 27.5 Å². The average molecular weight is 374 g/mol. The molecule has 21 heavy (non-hydrogen) atoms. The van der Waals surface area contributed by atoms with Crippen LogP contribution in [-0.4, -0.2) is 31.1 Å². The fourth-order valence-corrected chi connectivity index (χ4v) is 3.66. The fraction of sp³-hybridized carbons (Fsp3) is 0.647. The summed E-state index contributed by atoms with van der Waals surface area (Å²) in [6, 6.07) is 6.20. The molecule has 0 aromatic heterocycles. The summed E-state index contributed by atoms with van der Waals surface area (Å²) in [4.78, 5) is 2.54. The first-order chi connectivity index (χ1) is 10.0. The van der Waals surface area contributed by atoms with Gasteiger partial charge in [-0.3, -0.25) is 4.90 Å². The first kappa shape index (κ1) is 17.3. The van der Waals surface area contributed by atoms with Crippen LogP contribution in [0.25, 0.3) is 0 Å². The van der Waals surface area contributed by atoms with Gasteiger partial charge in [-0.05, 0) is 62.0 Å². The third-order valence-electron chi connectivity index (χ3n) is 4.00. The Hall–Kier alpha value is -0.0900. The van der Waals surface area contributed by atoms with E-state index in [4.69, 9.17) is 11.6 Å². The molecule has 1 aromatic rings. The van der Waals surface area contributed by atoms with Crippen molar-refractivity contribution in [2.24, 2.45) is 11.8 Å². The quantitative estimate of drug-likeness (QED) is 0.786. The second-order valence-corrected chi connectivity index (χ2v) is 7.85. The zero-order valence-corrected chi connectivity index (χ0v) is 15.4. The van der Waals surface area contributed by atoms with Crippen molar-refractivity contribution < 1.29 is 0 Å². The molecule has 1 atom stereocenters. The molecule has 1 unspecified atom stereocenters. The van der Waals surface area contributed by atoms with E-state index in [0.29, 0.717) is 0 Å². The summed E-state index contributed by atoms with van der Waals surface area (Å²) in [5.41, 5.74) is 1.23. The molecule has 0 bridgehead atoms. The van der Waals surface area contributed by atoms with E-state index in [0.717, 1.165) is 41.0 Å². The third kappa shape index (κ3) is 5.90. The van der Waals surface area contributed by atoms with Gasteiger partial charge in [0.2, 0.25) is 0 Å². The summed E-state index contributed by atoms with van der Waals surface area (Å²) in [6.45, 7) is 10.1. The summed E-state index contributed by atoms with van der Waals surface area (Å²) in [5.74, 6) is 1.50. The molecule has 1 aliphatic heterocycles. The lowest BCUT2D eigenvalue weighted by Gasteiger charge is -2.33.